The van der Waals surface area contributed by atoms with Crippen LogP contribution >= 0.6 is 15.9 Å². The number of aliphatic hydroxyl groups is 2. The molecule has 0 aliphatic carbocycles. The summed E-state index contributed by atoms with van der Waals surface area (Å²) < 4.78 is 0. The predicted molar refractivity (Wildman–Crippen MR) is 62.0 cm³/mol. The van der Waals surface area contributed by atoms with Crippen LogP contribution in [0.15, 0.2) is 18.2 Å². The van der Waals surface area contributed by atoms with Gasteiger partial charge < -0.3 is 10.2 Å². The summed E-state index contributed by atoms with van der Waals surface area (Å²) in [5.74, 6) is 0. The van der Waals surface area contributed by atoms with E-state index in [0.717, 1.165) is 0 Å². The zero-order valence-corrected chi connectivity index (χ0v) is 9.92. The largest absolute Gasteiger partial charge is 0.389 e. The van der Waals surface area contributed by atoms with Crippen molar-refractivity contribution in [2.45, 2.75) is 12.2 Å². The number of hydrogen-bond donors (Lipinski definition) is 2. The Morgan fingerprint density at radius 1 is 1.19 bits per heavy atom. The molecule has 16 heavy (non-hydrogen) atoms. The molecule has 0 spiro atoms. The molecule has 0 aliphatic heterocycles. The van der Waals surface area contributed by atoms with Gasteiger partial charge >= 0.3 is 0 Å². The molecule has 0 radical (unpaired) electrons. The van der Waals surface area contributed by atoms with Crippen molar-refractivity contribution in [1.82, 2.24) is 0 Å². The fraction of sp³-hybridized carbons (Fsp3) is 0.273. The van der Waals surface area contributed by atoms with Crippen molar-refractivity contribution in [3.63, 3.8) is 0 Å². The molecule has 0 amide bonds. The van der Waals surface area contributed by atoms with E-state index in [4.69, 9.17) is 0 Å². The molecule has 0 heterocycles. The zero-order chi connectivity index (χ0) is 12.1. The summed E-state index contributed by atoms with van der Waals surface area (Å²) in [6.45, 7) is 0. The molecule has 2 atom stereocenters. The summed E-state index contributed by atoms with van der Waals surface area (Å²) in [6, 6.07) is 4.52. The van der Waals surface area contributed by atoms with E-state index in [2.05, 4.69) is 15.9 Å². The van der Waals surface area contributed by atoms with Crippen LogP contribution in [0.2, 0.25) is 0 Å². The van der Waals surface area contributed by atoms with E-state index in [-0.39, 0.29) is 22.0 Å². The van der Waals surface area contributed by atoms with Gasteiger partial charge in [0.05, 0.1) is 6.10 Å². The standard InChI is InChI=1S/C11H11BrO4/c12-4-9(15)11(16)10-7(5-13)2-1-3-8(10)6-14/h1-3,5-6,9,11,15-16H,4H2. The SMILES string of the molecule is O=Cc1cccc(C=O)c1C(O)C(O)CBr. The molecule has 4 nitrogen and oxygen atoms in total. The number of hydrogen-bond acceptors (Lipinski definition) is 4. The van der Waals surface area contributed by atoms with E-state index >= 15 is 0 Å². The zero-order valence-electron chi connectivity index (χ0n) is 8.34. The van der Waals surface area contributed by atoms with Gasteiger partial charge in [-0.1, -0.05) is 34.1 Å². The van der Waals surface area contributed by atoms with Crippen LogP contribution in [-0.2, 0) is 0 Å². The second-order valence-corrected chi connectivity index (χ2v) is 3.90. The highest BCUT2D eigenvalue weighted by Crippen LogP contribution is 2.24. The highest BCUT2D eigenvalue weighted by molar-refractivity contribution is 9.09. The molecule has 0 fully saturated rings. The minimum absolute atomic E-state index is 0.152. The van der Waals surface area contributed by atoms with Crippen molar-refractivity contribution in [1.29, 1.82) is 0 Å². The Hall–Kier alpha value is -1.04. The first-order valence-electron chi connectivity index (χ1n) is 4.61. The Morgan fingerprint density at radius 2 is 1.69 bits per heavy atom. The molecule has 1 aromatic carbocycles. The summed E-state index contributed by atoms with van der Waals surface area (Å²) in [5, 5.41) is 19.5. The fourth-order valence-electron chi connectivity index (χ4n) is 1.43. The third kappa shape index (κ3) is 2.55. The van der Waals surface area contributed by atoms with Gasteiger partial charge in [-0.3, -0.25) is 9.59 Å². The molecule has 2 unspecified atom stereocenters. The Balaban J connectivity index is 3.27. The number of rotatable bonds is 5. The van der Waals surface area contributed by atoms with Gasteiger partial charge in [0.15, 0.2) is 0 Å². The lowest BCUT2D eigenvalue weighted by Crippen LogP contribution is -2.22. The van der Waals surface area contributed by atoms with Gasteiger partial charge in [0.1, 0.15) is 18.7 Å². The van der Waals surface area contributed by atoms with Crippen molar-refractivity contribution in [2.75, 3.05) is 5.33 Å². The van der Waals surface area contributed by atoms with Crippen LogP contribution < -0.4 is 0 Å². The maximum Gasteiger partial charge on any atom is 0.150 e. The van der Waals surface area contributed by atoms with E-state index in [0.29, 0.717) is 12.6 Å². The van der Waals surface area contributed by atoms with Crippen LogP contribution in [0, 0.1) is 0 Å². The summed E-state index contributed by atoms with van der Waals surface area (Å²) in [4.78, 5) is 21.6. The quantitative estimate of drug-likeness (QED) is 0.628. The second-order valence-electron chi connectivity index (χ2n) is 3.25. The minimum Gasteiger partial charge on any atom is -0.389 e. The molecule has 1 aromatic rings. The molecule has 0 aliphatic rings. The van der Waals surface area contributed by atoms with E-state index in [1.165, 1.54) is 12.1 Å². The lowest BCUT2D eigenvalue weighted by Gasteiger charge is -2.19. The molecular formula is C11H11BrO4. The first-order valence-corrected chi connectivity index (χ1v) is 5.73. The number of carbonyl (C=O) groups excluding carboxylic acids is 2. The number of alkyl halides is 1. The molecular weight excluding hydrogens is 276 g/mol. The Labute approximate surface area is 101 Å². The number of aldehydes is 2. The maximum absolute atomic E-state index is 10.8. The van der Waals surface area contributed by atoms with Crippen LogP contribution in [0.1, 0.15) is 32.4 Å². The minimum atomic E-state index is -1.26. The molecule has 0 saturated carbocycles. The third-order valence-electron chi connectivity index (χ3n) is 2.25. The highest BCUT2D eigenvalue weighted by atomic mass is 79.9. The Bertz CT molecular complexity index is 365. The summed E-state index contributed by atoms with van der Waals surface area (Å²) in [5.41, 5.74) is 0.577. The van der Waals surface area contributed by atoms with Crippen molar-refractivity contribution in [2.24, 2.45) is 0 Å². The predicted octanol–water partition coefficient (Wildman–Crippen LogP) is 1.10. The van der Waals surface area contributed by atoms with Crippen molar-refractivity contribution in [3.8, 4) is 0 Å². The smallest absolute Gasteiger partial charge is 0.150 e. The van der Waals surface area contributed by atoms with Crippen molar-refractivity contribution < 1.29 is 19.8 Å². The average molecular weight is 287 g/mol. The highest BCUT2D eigenvalue weighted by Gasteiger charge is 2.22. The molecule has 2 N–H and O–H groups in total. The van der Waals surface area contributed by atoms with Gasteiger partial charge in [-0.25, -0.2) is 0 Å². The Morgan fingerprint density at radius 3 is 2.06 bits per heavy atom. The summed E-state index contributed by atoms with van der Waals surface area (Å²) >= 11 is 3.02. The van der Waals surface area contributed by atoms with Gasteiger partial charge in [-0.15, -0.1) is 0 Å². The number of halogens is 1. The third-order valence-corrected chi connectivity index (χ3v) is 2.91. The molecule has 5 heteroatoms. The lowest BCUT2D eigenvalue weighted by atomic mass is 9.95. The van der Waals surface area contributed by atoms with Gasteiger partial charge in [0.25, 0.3) is 0 Å². The first-order chi connectivity index (χ1) is 7.65. The van der Waals surface area contributed by atoms with Crippen LogP contribution in [0.5, 0.6) is 0 Å². The Kier molecular flexibility index (Phi) is 4.79. The number of aliphatic hydroxyl groups excluding tert-OH is 2. The second kappa shape index (κ2) is 5.89. The summed E-state index contributed by atoms with van der Waals surface area (Å²) in [6.07, 6.45) is -1.24. The molecule has 0 aromatic heterocycles. The average Bonchev–Trinajstić information content (AvgIpc) is 2.35. The molecule has 86 valence electrons. The summed E-state index contributed by atoms with van der Waals surface area (Å²) in [7, 11) is 0. The van der Waals surface area contributed by atoms with E-state index in [1.54, 1.807) is 6.07 Å². The molecule has 1 rings (SSSR count). The number of carbonyl (C=O) groups is 2. The van der Waals surface area contributed by atoms with E-state index in [1.807, 2.05) is 0 Å². The van der Waals surface area contributed by atoms with Crippen LogP contribution in [-0.4, -0.2) is 34.2 Å². The van der Waals surface area contributed by atoms with Crippen molar-refractivity contribution >= 4 is 28.5 Å². The normalized spacial score (nSPS) is 14.2. The molecule has 0 bridgehead atoms. The number of benzene rings is 1. The topological polar surface area (TPSA) is 74.6 Å². The first kappa shape index (κ1) is 13.0. The van der Waals surface area contributed by atoms with Crippen LogP contribution in [0.4, 0.5) is 0 Å². The van der Waals surface area contributed by atoms with Crippen LogP contribution in [0.3, 0.4) is 0 Å². The van der Waals surface area contributed by atoms with Crippen LogP contribution in [0.25, 0.3) is 0 Å². The van der Waals surface area contributed by atoms with E-state index in [9.17, 15) is 19.8 Å². The van der Waals surface area contributed by atoms with Gasteiger partial charge in [0.2, 0.25) is 0 Å². The van der Waals surface area contributed by atoms with Gasteiger partial charge in [0, 0.05) is 22.0 Å². The van der Waals surface area contributed by atoms with Gasteiger partial charge in [-0.2, -0.15) is 0 Å². The molecule has 0 saturated heterocycles. The maximum atomic E-state index is 10.8. The fourth-order valence-corrected chi connectivity index (χ4v) is 1.78. The lowest BCUT2D eigenvalue weighted by molar-refractivity contribution is 0.0334. The van der Waals surface area contributed by atoms with Crippen molar-refractivity contribution in [3.05, 3.63) is 34.9 Å². The monoisotopic (exact) mass is 286 g/mol. The van der Waals surface area contributed by atoms with Gasteiger partial charge in [-0.05, 0) is 0 Å². The van der Waals surface area contributed by atoms with E-state index < -0.39 is 12.2 Å².